The molecule has 0 spiro atoms. The van der Waals surface area contributed by atoms with Crippen molar-refractivity contribution >= 4 is 35.6 Å². The Bertz CT molecular complexity index is 562. The van der Waals surface area contributed by atoms with E-state index in [9.17, 15) is 0 Å². The van der Waals surface area contributed by atoms with E-state index in [2.05, 4.69) is 46.3 Å². The highest BCUT2D eigenvalue weighted by molar-refractivity contribution is 14.0. The normalized spacial score (nSPS) is 16.8. The van der Waals surface area contributed by atoms with Crippen molar-refractivity contribution in [3.63, 3.8) is 0 Å². The lowest BCUT2D eigenvalue weighted by Gasteiger charge is -2.24. The first-order valence-electron chi connectivity index (χ1n) is 9.20. The summed E-state index contributed by atoms with van der Waals surface area (Å²) >= 11 is 0. The van der Waals surface area contributed by atoms with Crippen LogP contribution in [0.3, 0.4) is 0 Å². The molecule has 3 rings (SSSR count). The highest BCUT2D eigenvalue weighted by atomic mass is 127. The summed E-state index contributed by atoms with van der Waals surface area (Å²) in [6.45, 7) is 7.71. The van der Waals surface area contributed by atoms with Gasteiger partial charge in [0.25, 0.3) is 0 Å². The Hall–Kier alpha value is -0.860. The topological polar surface area (TPSA) is 40.1 Å². The van der Waals surface area contributed by atoms with Crippen LogP contribution in [0.2, 0.25) is 0 Å². The number of nitrogens with zero attached hydrogens (tertiary/aromatic N) is 3. The molecule has 1 saturated carbocycles. The van der Waals surface area contributed by atoms with Crippen molar-refractivity contribution in [3.8, 4) is 0 Å². The largest absolute Gasteiger partial charge is 0.383 e. The first kappa shape index (κ1) is 20.5. The molecule has 1 aromatic rings. The number of hydrogen-bond donors (Lipinski definition) is 1. The zero-order valence-electron chi connectivity index (χ0n) is 15.4. The zero-order chi connectivity index (χ0) is 16.8. The second-order valence-corrected chi connectivity index (χ2v) is 6.53. The number of anilines is 1. The second kappa shape index (κ2) is 10.3. The van der Waals surface area contributed by atoms with Gasteiger partial charge in [0, 0.05) is 45.0 Å². The molecule has 0 amide bonds. The lowest BCUT2D eigenvalue weighted by molar-refractivity contribution is 0.145. The summed E-state index contributed by atoms with van der Waals surface area (Å²) in [4.78, 5) is 9.75. The number of fused-ring (bicyclic) bond motifs is 1. The van der Waals surface area contributed by atoms with Crippen LogP contribution in [-0.4, -0.2) is 63.3 Å². The van der Waals surface area contributed by atoms with E-state index in [1.54, 1.807) is 7.11 Å². The van der Waals surface area contributed by atoms with Crippen LogP contribution < -0.4 is 10.2 Å². The van der Waals surface area contributed by atoms with E-state index in [1.807, 2.05) is 0 Å². The van der Waals surface area contributed by atoms with Gasteiger partial charge in [-0.25, -0.2) is 0 Å². The number of guanidine groups is 1. The van der Waals surface area contributed by atoms with E-state index in [4.69, 9.17) is 9.73 Å². The number of halogens is 1. The Labute approximate surface area is 168 Å². The number of hydrogen-bond acceptors (Lipinski definition) is 3. The van der Waals surface area contributed by atoms with E-state index < -0.39 is 0 Å². The molecule has 1 N–H and O–H groups in total. The molecule has 1 aliphatic heterocycles. The predicted octanol–water partition coefficient (Wildman–Crippen LogP) is 2.74. The third kappa shape index (κ3) is 5.56. The summed E-state index contributed by atoms with van der Waals surface area (Å²) < 4.78 is 5.24. The molecule has 0 atom stereocenters. The molecule has 0 saturated heterocycles. The van der Waals surface area contributed by atoms with Gasteiger partial charge in [0.05, 0.1) is 13.2 Å². The van der Waals surface area contributed by atoms with E-state index in [0.717, 1.165) is 57.8 Å². The first-order valence-corrected chi connectivity index (χ1v) is 9.20. The molecule has 2 aliphatic rings. The fraction of sp³-hybridized carbons (Fsp3) is 0.632. The van der Waals surface area contributed by atoms with Crippen LogP contribution in [0.5, 0.6) is 0 Å². The maximum atomic E-state index is 5.24. The summed E-state index contributed by atoms with van der Waals surface area (Å²) in [5, 5.41) is 3.46. The van der Waals surface area contributed by atoms with Crippen LogP contribution in [0.1, 0.15) is 25.3 Å². The molecule has 0 aromatic heterocycles. The average molecular weight is 458 g/mol. The summed E-state index contributed by atoms with van der Waals surface area (Å²) in [5.41, 5.74) is 2.72. The quantitative estimate of drug-likeness (QED) is 0.370. The molecule has 0 unspecified atom stereocenters. The molecule has 140 valence electrons. The van der Waals surface area contributed by atoms with Crippen molar-refractivity contribution in [2.45, 2.75) is 32.2 Å². The monoisotopic (exact) mass is 458 g/mol. The van der Waals surface area contributed by atoms with Crippen molar-refractivity contribution in [2.24, 2.45) is 4.99 Å². The maximum Gasteiger partial charge on any atom is 0.198 e. The van der Waals surface area contributed by atoms with Crippen LogP contribution in [0.25, 0.3) is 0 Å². The van der Waals surface area contributed by atoms with E-state index in [1.165, 1.54) is 24.1 Å². The molecular weight excluding hydrogens is 427 g/mol. The Balaban J connectivity index is 0.00000225. The van der Waals surface area contributed by atoms with Crippen molar-refractivity contribution in [1.82, 2.24) is 10.2 Å². The minimum absolute atomic E-state index is 0. The maximum absolute atomic E-state index is 5.24. The van der Waals surface area contributed by atoms with Crippen LogP contribution in [0.4, 0.5) is 5.69 Å². The molecule has 0 bridgehead atoms. The highest BCUT2D eigenvalue weighted by Gasteiger charge is 2.28. The van der Waals surface area contributed by atoms with Gasteiger partial charge in [0.15, 0.2) is 5.96 Å². The number of aliphatic imine (C=N–C) groups is 1. The lowest BCUT2D eigenvalue weighted by atomic mass is 10.2. The Morgan fingerprint density at radius 1 is 1.32 bits per heavy atom. The van der Waals surface area contributed by atoms with Crippen molar-refractivity contribution in [3.05, 3.63) is 29.8 Å². The minimum Gasteiger partial charge on any atom is -0.383 e. The van der Waals surface area contributed by atoms with Crippen LogP contribution in [0, 0.1) is 0 Å². The summed E-state index contributed by atoms with van der Waals surface area (Å²) in [6, 6.07) is 9.41. The summed E-state index contributed by atoms with van der Waals surface area (Å²) in [6.07, 6.45) is 3.75. The highest BCUT2D eigenvalue weighted by Crippen LogP contribution is 2.28. The SMILES string of the molecule is CCNC(=NCCN(CCOC)C1CC1)N1CCc2ccccc21.I. The number of ether oxygens (including phenoxy) is 1. The Morgan fingerprint density at radius 3 is 2.84 bits per heavy atom. The third-order valence-corrected chi connectivity index (χ3v) is 4.77. The van der Waals surface area contributed by atoms with Gasteiger partial charge >= 0.3 is 0 Å². The van der Waals surface area contributed by atoms with Gasteiger partial charge in [-0.15, -0.1) is 24.0 Å². The van der Waals surface area contributed by atoms with Gasteiger partial charge in [0.1, 0.15) is 0 Å². The number of rotatable bonds is 8. The minimum atomic E-state index is 0. The van der Waals surface area contributed by atoms with E-state index >= 15 is 0 Å². The smallest absolute Gasteiger partial charge is 0.198 e. The predicted molar refractivity (Wildman–Crippen MR) is 115 cm³/mol. The van der Waals surface area contributed by atoms with Gasteiger partial charge in [-0.05, 0) is 37.8 Å². The number of methoxy groups -OCH3 is 1. The fourth-order valence-corrected chi connectivity index (χ4v) is 3.36. The molecule has 6 heteroatoms. The molecule has 0 radical (unpaired) electrons. The molecule has 1 heterocycles. The van der Waals surface area contributed by atoms with Crippen LogP contribution >= 0.6 is 24.0 Å². The zero-order valence-corrected chi connectivity index (χ0v) is 17.7. The summed E-state index contributed by atoms with van der Waals surface area (Å²) in [5.74, 6) is 1.02. The molecule has 1 aliphatic carbocycles. The van der Waals surface area contributed by atoms with E-state index in [-0.39, 0.29) is 24.0 Å². The molecule has 1 fully saturated rings. The number of nitrogens with one attached hydrogen (secondary N) is 1. The molecule has 5 nitrogen and oxygen atoms in total. The average Bonchev–Trinajstić information content (AvgIpc) is 3.36. The van der Waals surface area contributed by atoms with Gasteiger partial charge in [-0.3, -0.25) is 9.89 Å². The van der Waals surface area contributed by atoms with Crippen molar-refractivity contribution < 1.29 is 4.74 Å². The lowest BCUT2D eigenvalue weighted by Crippen LogP contribution is -2.41. The second-order valence-electron chi connectivity index (χ2n) is 6.53. The van der Waals surface area contributed by atoms with Gasteiger partial charge in [0.2, 0.25) is 0 Å². The fourth-order valence-electron chi connectivity index (χ4n) is 3.36. The third-order valence-electron chi connectivity index (χ3n) is 4.77. The number of para-hydroxylation sites is 1. The van der Waals surface area contributed by atoms with Crippen LogP contribution in [-0.2, 0) is 11.2 Å². The van der Waals surface area contributed by atoms with Crippen molar-refractivity contribution in [1.29, 1.82) is 0 Å². The van der Waals surface area contributed by atoms with Gasteiger partial charge in [-0.1, -0.05) is 18.2 Å². The summed E-state index contributed by atoms with van der Waals surface area (Å²) in [7, 11) is 1.78. The number of benzene rings is 1. The molecular formula is C19H31IN4O. The van der Waals surface area contributed by atoms with Gasteiger partial charge in [-0.2, -0.15) is 0 Å². The molecule has 1 aromatic carbocycles. The van der Waals surface area contributed by atoms with E-state index in [0.29, 0.717) is 0 Å². The molecule has 25 heavy (non-hydrogen) atoms. The van der Waals surface area contributed by atoms with Crippen LogP contribution in [0.15, 0.2) is 29.3 Å². The Morgan fingerprint density at radius 2 is 2.12 bits per heavy atom. The first-order chi connectivity index (χ1) is 11.8. The van der Waals surface area contributed by atoms with Gasteiger partial charge < -0.3 is 15.0 Å². The van der Waals surface area contributed by atoms with Crippen molar-refractivity contribution in [2.75, 3.05) is 51.3 Å². The standard InChI is InChI=1S/C19H30N4O.HI/c1-3-20-19(23-12-10-16-6-4-5-7-18(16)23)21-11-13-22(14-15-24-2)17-8-9-17;/h4-7,17H,3,8-15H2,1-2H3,(H,20,21);1H. The Kier molecular flexibility index (Phi) is 8.45.